The van der Waals surface area contributed by atoms with Crippen LogP contribution in [0.15, 0.2) is 28.7 Å². The fraction of sp³-hybridized carbons (Fsp3) is 0.538. The quantitative estimate of drug-likeness (QED) is 0.849. The lowest BCUT2D eigenvalue weighted by Crippen LogP contribution is -2.14. The van der Waals surface area contributed by atoms with E-state index in [-0.39, 0.29) is 6.04 Å². The minimum Gasteiger partial charge on any atom is -0.324 e. The molecule has 84 valence electrons. The number of nitrogens with two attached hydrogens (primary N) is 1. The number of rotatable bonds is 5. The summed E-state index contributed by atoms with van der Waals surface area (Å²) in [5, 5.41) is 0. The Hall–Kier alpha value is -0.340. The van der Waals surface area contributed by atoms with Crippen molar-refractivity contribution in [2.75, 3.05) is 0 Å². The molecule has 0 aromatic heterocycles. The van der Waals surface area contributed by atoms with Gasteiger partial charge < -0.3 is 5.73 Å². The summed E-state index contributed by atoms with van der Waals surface area (Å²) >= 11 is 3.43. The van der Waals surface area contributed by atoms with E-state index in [4.69, 9.17) is 5.73 Å². The second-order valence-electron chi connectivity index (χ2n) is 4.08. The van der Waals surface area contributed by atoms with Crippen molar-refractivity contribution in [3.8, 4) is 0 Å². The van der Waals surface area contributed by atoms with Crippen molar-refractivity contribution in [3.63, 3.8) is 0 Å². The Labute approximate surface area is 101 Å². The predicted molar refractivity (Wildman–Crippen MR) is 69.8 cm³/mol. The molecule has 2 heteroatoms. The molecule has 0 amide bonds. The topological polar surface area (TPSA) is 26.0 Å². The molecule has 0 aliphatic heterocycles. The van der Waals surface area contributed by atoms with Crippen LogP contribution < -0.4 is 5.73 Å². The van der Waals surface area contributed by atoms with E-state index in [1.54, 1.807) is 0 Å². The number of hydrogen-bond acceptors (Lipinski definition) is 1. The highest BCUT2D eigenvalue weighted by Gasteiger charge is 2.11. The summed E-state index contributed by atoms with van der Waals surface area (Å²) in [5.41, 5.74) is 7.42. The third-order valence-electron chi connectivity index (χ3n) is 3.04. The van der Waals surface area contributed by atoms with Crippen LogP contribution >= 0.6 is 15.9 Å². The van der Waals surface area contributed by atoms with Crippen LogP contribution in [0.1, 0.15) is 44.7 Å². The first-order chi connectivity index (χ1) is 7.17. The maximum atomic E-state index is 6.18. The summed E-state index contributed by atoms with van der Waals surface area (Å²) < 4.78 is 1.11. The van der Waals surface area contributed by atoms with Crippen molar-refractivity contribution in [2.24, 2.45) is 11.7 Å². The maximum absolute atomic E-state index is 6.18. The first kappa shape index (κ1) is 12.7. The van der Waals surface area contributed by atoms with Crippen LogP contribution in [0.4, 0.5) is 0 Å². The SMILES string of the molecule is CCC(CC)CC(N)c1ccc(Br)cc1. The Balaban J connectivity index is 2.60. The van der Waals surface area contributed by atoms with E-state index in [1.165, 1.54) is 18.4 Å². The summed E-state index contributed by atoms with van der Waals surface area (Å²) in [5.74, 6) is 0.753. The fourth-order valence-electron chi connectivity index (χ4n) is 1.83. The normalized spacial score (nSPS) is 13.1. The van der Waals surface area contributed by atoms with Gasteiger partial charge in [-0.1, -0.05) is 54.8 Å². The highest BCUT2D eigenvalue weighted by molar-refractivity contribution is 9.10. The zero-order valence-corrected chi connectivity index (χ0v) is 11.1. The molecule has 0 heterocycles. The van der Waals surface area contributed by atoms with Gasteiger partial charge in [0.15, 0.2) is 0 Å². The van der Waals surface area contributed by atoms with Gasteiger partial charge in [0.05, 0.1) is 0 Å². The molecule has 0 spiro atoms. The van der Waals surface area contributed by atoms with Gasteiger partial charge in [0.2, 0.25) is 0 Å². The monoisotopic (exact) mass is 269 g/mol. The molecule has 1 aromatic rings. The average molecular weight is 270 g/mol. The molecule has 2 N–H and O–H groups in total. The lowest BCUT2D eigenvalue weighted by atomic mass is 9.92. The number of hydrogen-bond donors (Lipinski definition) is 1. The van der Waals surface area contributed by atoms with E-state index >= 15 is 0 Å². The summed E-state index contributed by atoms with van der Waals surface area (Å²) in [6, 6.07) is 8.52. The van der Waals surface area contributed by atoms with Crippen molar-refractivity contribution in [2.45, 2.75) is 39.2 Å². The standard InChI is InChI=1S/C13H20BrN/c1-3-10(4-2)9-13(15)11-5-7-12(14)8-6-11/h5-8,10,13H,3-4,9,15H2,1-2H3. The molecule has 1 nitrogen and oxygen atoms in total. The third kappa shape index (κ3) is 3.96. The van der Waals surface area contributed by atoms with Crippen LogP contribution in [0.5, 0.6) is 0 Å². The summed E-state index contributed by atoms with van der Waals surface area (Å²) in [6.07, 6.45) is 3.54. The molecule has 1 aromatic carbocycles. The molecule has 1 atom stereocenters. The van der Waals surface area contributed by atoms with E-state index < -0.39 is 0 Å². The molecular formula is C13H20BrN. The van der Waals surface area contributed by atoms with E-state index in [1.807, 2.05) is 0 Å². The van der Waals surface area contributed by atoms with E-state index in [9.17, 15) is 0 Å². The molecule has 0 aliphatic carbocycles. The smallest absolute Gasteiger partial charge is 0.0297 e. The van der Waals surface area contributed by atoms with Gasteiger partial charge in [-0.3, -0.25) is 0 Å². The average Bonchev–Trinajstić information content (AvgIpc) is 2.26. The van der Waals surface area contributed by atoms with Gasteiger partial charge in [-0.2, -0.15) is 0 Å². The van der Waals surface area contributed by atoms with Crippen molar-refractivity contribution in [1.29, 1.82) is 0 Å². The Kier molecular flexibility index (Phi) is 5.34. The van der Waals surface area contributed by atoms with Gasteiger partial charge in [-0.15, -0.1) is 0 Å². The lowest BCUT2D eigenvalue weighted by molar-refractivity contribution is 0.414. The number of halogens is 1. The second kappa shape index (κ2) is 6.29. The van der Waals surface area contributed by atoms with Crippen LogP contribution in [-0.2, 0) is 0 Å². The van der Waals surface area contributed by atoms with Crippen LogP contribution in [0.3, 0.4) is 0 Å². The van der Waals surface area contributed by atoms with Crippen LogP contribution in [0.2, 0.25) is 0 Å². The number of benzene rings is 1. The second-order valence-corrected chi connectivity index (χ2v) is 4.99. The van der Waals surface area contributed by atoms with Crippen molar-refractivity contribution < 1.29 is 0 Å². The minimum absolute atomic E-state index is 0.183. The molecule has 1 rings (SSSR count). The molecule has 15 heavy (non-hydrogen) atoms. The van der Waals surface area contributed by atoms with Crippen LogP contribution in [0.25, 0.3) is 0 Å². The third-order valence-corrected chi connectivity index (χ3v) is 3.57. The van der Waals surface area contributed by atoms with Crippen molar-refractivity contribution >= 4 is 15.9 Å². The molecule has 0 radical (unpaired) electrons. The van der Waals surface area contributed by atoms with Gasteiger partial charge in [0.25, 0.3) is 0 Å². The van der Waals surface area contributed by atoms with Crippen LogP contribution in [-0.4, -0.2) is 0 Å². The largest absolute Gasteiger partial charge is 0.324 e. The van der Waals surface area contributed by atoms with Gasteiger partial charge in [-0.05, 0) is 30.0 Å². The van der Waals surface area contributed by atoms with E-state index in [2.05, 4.69) is 54.0 Å². The van der Waals surface area contributed by atoms with E-state index in [0.29, 0.717) is 0 Å². The zero-order valence-electron chi connectivity index (χ0n) is 9.54. The summed E-state index contributed by atoms with van der Waals surface area (Å²) in [6.45, 7) is 4.48. The van der Waals surface area contributed by atoms with Crippen molar-refractivity contribution in [3.05, 3.63) is 34.3 Å². The highest BCUT2D eigenvalue weighted by atomic mass is 79.9. The summed E-state index contributed by atoms with van der Waals surface area (Å²) in [7, 11) is 0. The molecular weight excluding hydrogens is 250 g/mol. The maximum Gasteiger partial charge on any atom is 0.0297 e. The minimum atomic E-state index is 0.183. The molecule has 1 unspecified atom stereocenters. The lowest BCUT2D eigenvalue weighted by Gasteiger charge is -2.18. The van der Waals surface area contributed by atoms with E-state index in [0.717, 1.165) is 16.8 Å². The highest BCUT2D eigenvalue weighted by Crippen LogP contribution is 2.24. The molecule has 0 aliphatic rings. The van der Waals surface area contributed by atoms with Gasteiger partial charge >= 0.3 is 0 Å². The Bertz CT molecular complexity index is 277. The first-order valence-corrected chi connectivity index (χ1v) is 6.47. The Morgan fingerprint density at radius 3 is 2.13 bits per heavy atom. The first-order valence-electron chi connectivity index (χ1n) is 5.68. The molecule has 0 saturated carbocycles. The predicted octanol–water partition coefficient (Wildman–Crippen LogP) is 4.28. The molecule has 0 fully saturated rings. The zero-order chi connectivity index (χ0) is 11.3. The van der Waals surface area contributed by atoms with Gasteiger partial charge in [0, 0.05) is 10.5 Å². The van der Waals surface area contributed by atoms with Crippen molar-refractivity contribution in [1.82, 2.24) is 0 Å². The Morgan fingerprint density at radius 2 is 1.67 bits per heavy atom. The molecule has 0 bridgehead atoms. The molecule has 0 saturated heterocycles. The van der Waals surface area contributed by atoms with Gasteiger partial charge in [-0.25, -0.2) is 0 Å². The Morgan fingerprint density at radius 1 is 1.13 bits per heavy atom. The summed E-state index contributed by atoms with van der Waals surface area (Å²) in [4.78, 5) is 0. The van der Waals surface area contributed by atoms with Crippen LogP contribution in [0, 0.1) is 5.92 Å². The van der Waals surface area contributed by atoms with Gasteiger partial charge in [0.1, 0.15) is 0 Å². The fourth-order valence-corrected chi connectivity index (χ4v) is 2.09.